The lowest BCUT2D eigenvalue weighted by molar-refractivity contribution is 0.195. The fourth-order valence-corrected chi connectivity index (χ4v) is 2.86. The summed E-state index contributed by atoms with van der Waals surface area (Å²) in [5.74, 6) is 0.945. The minimum atomic E-state index is 0.322. The second-order valence-electron chi connectivity index (χ2n) is 4.99. The predicted molar refractivity (Wildman–Crippen MR) is 74.8 cm³/mol. The highest BCUT2D eigenvalue weighted by Crippen LogP contribution is 2.30. The monoisotopic (exact) mass is 248 g/mol. The van der Waals surface area contributed by atoms with Crippen LogP contribution in [0.4, 0.5) is 0 Å². The van der Waals surface area contributed by atoms with Crippen molar-refractivity contribution in [1.82, 2.24) is 4.90 Å². The number of nitrogens with two attached hydrogens (primary N) is 1. The Balaban J connectivity index is 2.18. The molecular weight excluding hydrogens is 224 g/mol. The van der Waals surface area contributed by atoms with Gasteiger partial charge in [-0.3, -0.25) is 4.90 Å². The summed E-state index contributed by atoms with van der Waals surface area (Å²) in [4.78, 5) is 2.52. The summed E-state index contributed by atoms with van der Waals surface area (Å²) in [5, 5.41) is 0. The van der Waals surface area contributed by atoms with E-state index < -0.39 is 0 Å². The van der Waals surface area contributed by atoms with E-state index in [-0.39, 0.29) is 0 Å². The third-order valence-electron chi connectivity index (χ3n) is 3.78. The molecule has 0 saturated carbocycles. The van der Waals surface area contributed by atoms with Crippen molar-refractivity contribution in [2.24, 2.45) is 5.73 Å². The van der Waals surface area contributed by atoms with Crippen molar-refractivity contribution in [1.29, 1.82) is 0 Å². The summed E-state index contributed by atoms with van der Waals surface area (Å²) in [6.45, 7) is 6.83. The second-order valence-corrected chi connectivity index (χ2v) is 4.99. The highest BCUT2D eigenvalue weighted by Gasteiger charge is 2.27. The topological polar surface area (TPSA) is 38.5 Å². The standard InChI is InChI=1S/C15H24N2O/c1-3-18-14-8-4-7-13(10-14)15(11-16)17-9-5-6-12(17)2/h4,7-8,10,12,15H,3,5-6,9,11,16H2,1-2H3. The number of nitrogens with zero attached hydrogens (tertiary/aromatic N) is 1. The van der Waals surface area contributed by atoms with Crippen LogP contribution in [0, 0.1) is 0 Å². The van der Waals surface area contributed by atoms with Crippen molar-refractivity contribution in [3.05, 3.63) is 29.8 Å². The van der Waals surface area contributed by atoms with E-state index in [1.807, 2.05) is 13.0 Å². The van der Waals surface area contributed by atoms with E-state index in [1.165, 1.54) is 18.4 Å². The third-order valence-corrected chi connectivity index (χ3v) is 3.78. The molecule has 1 aromatic rings. The van der Waals surface area contributed by atoms with Gasteiger partial charge in [0.25, 0.3) is 0 Å². The van der Waals surface area contributed by atoms with Crippen molar-refractivity contribution in [3.63, 3.8) is 0 Å². The number of ether oxygens (including phenoxy) is 1. The van der Waals surface area contributed by atoms with Crippen LogP contribution in [0.3, 0.4) is 0 Å². The summed E-state index contributed by atoms with van der Waals surface area (Å²) < 4.78 is 5.57. The normalized spacial score (nSPS) is 22.1. The van der Waals surface area contributed by atoms with Gasteiger partial charge in [0.1, 0.15) is 5.75 Å². The average molecular weight is 248 g/mol. The first-order chi connectivity index (χ1) is 8.76. The predicted octanol–water partition coefficient (Wildman–Crippen LogP) is 2.57. The minimum Gasteiger partial charge on any atom is -0.494 e. The lowest BCUT2D eigenvalue weighted by Gasteiger charge is -2.31. The Morgan fingerprint density at radius 2 is 2.33 bits per heavy atom. The van der Waals surface area contributed by atoms with E-state index >= 15 is 0 Å². The molecule has 1 fully saturated rings. The maximum atomic E-state index is 5.99. The Hall–Kier alpha value is -1.06. The summed E-state index contributed by atoms with van der Waals surface area (Å²) in [6.07, 6.45) is 2.56. The van der Waals surface area contributed by atoms with E-state index in [0.717, 1.165) is 12.3 Å². The number of benzene rings is 1. The number of hydrogen-bond acceptors (Lipinski definition) is 3. The van der Waals surface area contributed by atoms with Crippen molar-refractivity contribution in [2.75, 3.05) is 19.7 Å². The van der Waals surface area contributed by atoms with Crippen molar-refractivity contribution in [2.45, 2.75) is 38.8 Å². The number of hydrogen-bond donors (Lipinski definition) is 1. The van der Waals surface area contributed by atoms with Gasteiger partial charge in [-0.2, -0.15) is 0 Å². The summed E-state index contributed by atoms with van der Waals surface area (Å²) in [6, 6.07) is 9.31. The highest BCUT2D eigenvalue weighted by atomic mass is 16.5. The highest BCUT2D eigenvalue weighted by molar-refractivity contribution is 5.31. The minimum absolute atomic E-state index is 0.322. The van der Waals surface area contributed by atoms with Crippen LogP contribution in [0.1, 0.15) is 38.3 Å². The Morgan fingerprint density at radius 3 is 2.94 bits per heavy atom. The van der Waals surface area contributed by atoms with Gasteiger partial charge in [0.2, 0.25) is 0 Å². The van der Waals surface area contributed by atoms with Gasteiger partial charge in [-0.05, 0) is 50.9 Å². The molecule has 2 rings (SSSR count). The van der Waals surface area contributed by atoms with Crippen LogP contribution < -0.4 is 10.5 Å². The Morgan fingerprint density at radius 1 is 1.50 bits per heavy atom. The Bertz CT molecular complexity index is 381. The first-order valence-electron chi connectivity index (χ1n) is 6.94. The van der Waals surface area contributed by atoms with Gasteiger partial charge in [-0.25, -0.2) is 0 Å². The second kappa shape index (κ2) is 6.21. The molecule has 2 N–H and O–H groups in total. The van der Waals surface area contributed by atoms with Gasteiger partial charge >= 0.3 is 0 Å². The maximum Gasteiger partial charge on any atom is 0.119 e. The first kappa shape index (κ1) is 13.4. The van der Waals surface area contributed by atoms with Crippen LogP contribution in [-0.4, -0.2) is 30.6 Å². The zero-order chi connectivity index (χ0) is 13.0. The molecule has 100 valence electrons. The van der Waals surface area contributed by atoms with Gasteiger partial charge < -0.3 is 10.5 Å². The van der Waals surface area contributed by atoms with Crippen LogP contribution in [0.15, 0.2) is 24.3 Å². The van der Waals surface area contributed by atoms with E-state index in [4.69, 9.17) is 10.5 Å². The summed E-state index contributed by atoms with van der Waals surface area (Å²) in [7, 11) is 0. The molecule has 0 aromatic heterocycles. The largest absolute Gasteiger partial charge is 0.494 e. The zero-order valence-electron chi connectivity index (χ0n) is 11.4. The van der Waals surface area contributed by atoms with Gasteiger partial charge in [0, 0.05) is 18.6 Å². The number of likely N-dealkylation sites (tertiary alicyclic amines) is 1. The fourth-order valence-electron chi connectivity index (χ4n) is 2.86. The van der Waals surface area contributed by atoms with Gasteiger partial charge in [-0.15, -0.1) is 0 Å². The van der Waals surface area contributed by atoms with Crippen LogP contribution in [0.5, 0.6) is 5.75 Å². The molecule has 0 amide bonds. The lowest BCUT2D eigenvalue weighted by atomic mass is 10.0. The van der Waals surface area contributed by atoms with E-state index in [9.17, 15) is 0 Å². The smallest absolute Gasteiger partial charge is 0.119 e. The molecule has 1 saturated heterocycles. The summed E-state index contributed by atoms with van der Waals surface area (Å²) >= 11 is 0. The van der Waals surface area contributed by atoms with Crippen molar-refractivity contribution >= 4 is 0 Å². The Labute approximate surface area is 110 Å². The molecule has 3 heteroatoms. The van der Waals surface area contributed by atoms with Gasteiger partial charge in [0.15, 0.2) is 0 Å². The van der Waals surface area contributed by atoms with E-state index in [2.05, 4.69) is 30.0 Å². The van der Waals surface area contributed by atoms with Crippen LogP contribution in [-0.2, 0) is 0 Å². The SMILES string of the molecule is CCOc1cccc(C(CN)N2CCCC2C)c1. The van der Waals surface area contributed by atoms with E-state index in [0.29, 0.717) is 25.2 Å². The Kier molecular flexibility index (Phi) is 4.61. The van der Waals surface area contributed by atoms with Crippen LogP contribution >= 0.6 is 0 Å². The summed E-state index contributed by atoms with van der Waals surface area (Å²) in [5.41, 5.74) is 7.26. The van der Waals surface area contributed by atoms with Crippen LogP contribution in [0.2, 0.25) is 0 Å². The van der Waals surface area contributed by atoms with Crippen LogP contribution in [0.25, 0.3) is 0 Å². The molecule has 3 nitrogen and oxygen atoms in total. The molecule has 18 heavy (non-hydrogen) atoms. The van der Waals surface area contributed by atoms with Gasteiger partial charge in [0.05, 0.1) is 6.61 Å². The quantitative estimate of drug-likeness (QED) is 0.870. The molecule has 1 aromatic carbocycles. The number of rotatable bonds is 5. The van der Waals surface area contributed by atoms with Gasteiger partial charge in [-0.1, -0.05) is 12.1 Å². The lowest BCUT2D eigenvalue weighted by Crippen LogP contribution is -2.35. The van der Waals surface area contributed by atoms with E-state index in [1.54, 1.807) is 0 Å². The molecule has 0 spiro atoms. The van der Waals surface area contributed by atoms with Crippen molar-refractivity contribution < 1.29 is 4.74 Å². The maximum absolute atomic E-state index is 5.99. The molecule has 0 radical (unpaired) electrons. The molecule has 0 bridgehead atoms. The molecule has 1 heterocycles. The first-order valence-corrected chi connectivity index (χ1v) is 6.94. The third kappa shape index (κ3) is 2.85. The van der Waals surface area contributed by atoms with Crippen molar-refractivity contribution in [3.8, 4) is 5.75 Å². The molecule has 1 aliphatic rings. The molecule has 2 unspecified atom stereocenters. The molecule has 2 atom stereocenters. The molecule has 0 aliphatic carbocycles. The molecular formula is C15H24N2O. The fraction of sp³-hybridized carbons (Fsp3) is 0.600. The molecule has 1 aliphatic heterocycles. The average Bonchev–Trinajstić information content (AvgIpc) is 2.78. The zero-order valence-corrected chi connectivity index (χ0v) is 11.4.